The van der Waals surface area contributed by atoms with Crippen LogP contribution in [0.25, 0.3) is 32.7 Å². The SMILES string of the molecule is Cn1cc(-c2cnc3ccc(Nc4nnc(-c5ccccc5)s4)nc3c2)cn1. The molecule has 0 fully saturated rings. The molecule has 0 amide bonds. The predicted octanol–water partition coefficient (Wildman–Crippen LogP) is 4.29. The second kappa shape index (κ2) is 6.82. The highest BCUT2D eigenvalue weighted by Gasteiger charge is 2.09. The molecule has 7 nitrogen and oxygen atoms in total. The molecule has 0 saturated heterocycles. The number of hydrogen-bond acceptors (Lipinski definition) is 7. The molecule has 0 aliphatic heterocycles. The molecule has 1 N–H and O–H groups in total. The molecule has 5 rings (SSSR count). The van der Waals surface area contributed by atoms with Crippen LogP contribution in [0.4, 0.5) is 10.9 Å². The molecule has 0 bridgehead atoms. The molecule has 0 radical (unpaired) electrons. The molecule has 0 atom stereocenters. The van der Waals surface area contributed by atoms with Gasteiger partial charge in [-0.1, -0.05) is 41.7 Å². The van der Waals surface area contributed by atoms with Gasteiger partial charge in [-0.2, -0.15) is 5.10 Å². The highest BCUT2D eigenvalue weighted by Crippen LogP contribution is 2.28. The van der Waals surface area contributed by atoms with Crippen LogP contribution in [0.3, 0.4) is 0 Å². The average molecular weight is 385 g/mol. The predicted molar refractivity (Wildman–Crippen MR) is 110 cm³/mol. The number of nitrogens with one attached hydrogen (secondary N) is 1. The number of anilines is 2. The Morgan fingerprint density at radius 3 is 2.61 bits per heavy atom. The van der Waals surface area contributed by atoms with Crippen LogP contribution in [-0.4, -0.2) is 29.9 Å². The van der Waals surface area contributed by atoms with Gasteiger partial charge < -0.3 is 5.32 Å². The maximum atomic E-state index is 4.68. The number of fused-ring (bicyclic) bond motifs is 1. The fourth-order valence-corrected chi connectivity index (χ4v) is 3.64. The molecule has 28 heavy (non-hydrogen) atoms. The van der Waals surface area contributed by atoms with Crippen molar-refractivity contribution < 1.29 is 0 Å². The van der Waals surface area contributed by atoms with Crippen LogP contribution in [0.1, 0.15) is 0 Å². The molecule has 0 saturated carbocycles. The summed E-state index contributed by atoms with van der Waals surface area (Å²) in [6.07, 6.45) is 5.61. The second-order valence-corrected chi connectivity index (χ2v) is 7.24. The summed E-state index contributed by atoms with van der Waals surface area (Å²) in [6, 6.07) is 15.8. The molecule has 0 unspecified atom stereocenters. The van der Waals surface area contributed by atoms with E-state index in [-0.39, 0.29) is 0 Å². The average Bonchev–Trinajstić information content (AvgIpc) is 3.37. The van der Waals surface area contributed by atoms with Crippen LogP contribution >= 0.6 is 11.3 Å². The summed E-state index contributed by atoms with van der Waals surface area (Å²) in [5.74, 6) is 0.702. The van der Waals surface area contributed by atoms with E-state index in [4.69, 9.17) is 0 Å². The van der Waals surface area contributed by atoms with E-state index < -0.39 is 0 Å². The van der Waals surface area contributed by atoms with Crippen molar-refractivity contribution in [3.05, 3.63) is 67.1 Å². The third-order valence-electron chi connectivity index (χ3n) is 4.26. The zero-order valence-corrected chi connectivity index (χ0v) is 15.8. The maximum absolute atomic E-state index is 4.68. The first kappa shape index (κ1) is 16.5. The summed E-state index contributed by atoms with van der Waals surface area (Å²) >= 11 is 1.49. The standard InChI is InChI=1S/C20H15N7S/c1-27-12-15(11-22-27)14-9-17-16(21-10-14)7-8-18(23-17)24-20-26-25-19(28-20)13-5-3-2-4-6-13/h2-12H,1H3,(H,23,24,26). The van der Waals surface area contributed by atoms with E-state index in [1.807, 2.05) is 74.2 Å². The van der Waals surface area contributed by atoms with Crippen LogP contribution in [0, 0.1) is 0 Å². The van der Waals surface area contributed by atoms with E-state index in [0.29, 0.717) is 10.9 Å². The normalized spacial score (nSPS) is 11.0. The molecule has 8 heteroatoms. The highest BCUT2D eigenvalue weighted by molar-refractivity contribution is 7.18. The molecular formula is C20H15N7S. The largest absolute Gasteiger partial charge is 0.315 e. The van der Waals surface area contributed by atoms with Crippen molar-refractivity contribution in [2.75, 3.05) is 5.32 Å². The lowest BCUT2D eigenvalue weighted by atomic mass is 10.1. The number of aryl methyl sites for hydroxylation is 1. The Balaban J connectivity index is 1.44. The number of rotatable bonds is 4. The van der Waals surface area contributed by atoms with Gasteiger partial charge in [0.2, 0.25) is 5.13 Å². The molecule has 5 aromatic rings. The minimum Gasteiger partial charge on any atom is -0.315 e. The first-order valence-electron chi connectivity index (χ1n) is 8.66. The third kappa shape index (κ3) is 3.21. The summed E-state index contributed by atoms with van der Waals surface area (Å²) in [6.45, 7) is 0. The molecular weight excluding hydrogens is 370 g/mol. The summed E-state index contributed by atoms with van der Waals surface area (Å²) in [5, 5.41) is 17.5. The number of hydrogen-bond donors (Lipinski definition) is 1. The molecule has 4 heterocycles. The lowest BCUT2D eigenvalue weighted by molar-refractivity contribution is 0.768. The van der Waals surface area contributed by atoms with Crippen LogP contribution in [0.15, 0.2) is 67.1 Å². The van der Waals surface area contributed by atoms with Gasteiger partial charge in [0, 0.05) is 36.1 Å². The highest BCUT2D eigenvalue weighted by atomic mass is 32.1. The Bertz CT molecular complexity index is 1260. The van der Waals surface area contributed by atoms with Gasteiger partial charge in [0.15, 0.2) is 0 Å². The van der Waals surface area contributed by atoms with E-state index in [9.17, 15) is 0 Å². The zero-order valence-electron chi connectivity index (χ0n) is 14.9. The van der Waals surface area contributed by atoms with Gasteiger partial charge in [0.25, 0.3) is 0 Å². The van der Waals surface area contributed by atoms with Gasteiger partial charge in [-0.15, -0.1) is 10.2 Å². The summed E-state index contributed by atoms with van der Waals surface area (Å²) < 4.78 is 1.77. The molecule has 0 spiro atoms. The second-order valence-electron chi connectivity index (χ2n) is 6.26. The number of aromatic nitrogens is 6. The molecule has 0 aliphatic carbocycles. The Morgan fingerprint density at radius 1 is 0.893 bits per heavy atom. The van der Waals surface area contributed by atoms with Gasteiger partial charge in [-0.05, 0) is 18.2 Å². The topological polar surface area (TPSA) is 81.4 Å². The quantitative estimate of drug-likeness (QED) is 0.497. The van der Waals surface area contributed by atoms with Gasteiger partial charge in [-0.25, -0.2) is 4.98 Å². The number of nitrogens with zero attached hydrogens (tertiary/aromatic N) is 6. The lowest BCUT2D eigenvalue weighted by Gasteiger charge is -2.04. The Hall–Kier alpha value is -3.65. The van der Waals surface area contributed by atoms with E-state index >= 15 is 0 Å². The zero-order chi connectivity index (χ0) is 18.9. The molecule has 1 aromatic carbocycles. The minimum absolute atomic E-state index is 0.696. The lowest BCUT2D eigenvalue weighted by Crippen LogP contribution is -1.94. The Labute approximate surface area is 164 Å². The van der Waals surface area contributed by atoms with E-state index in [2.05, 4.69) is 30.6 Å². The summed E-state index contributed by atoms with van der Waals surface area (Å²) in [4.78, 5) is 9.19. The van der Waals surface area contributed by atoms with E-state index in [1.54, 1.807) is 4.68 Å². The van der Waals surface area contributed by atoms with Crippen molar-refractivity contribution in [3.8, 4) is 21.7 Å². The van der Waals surface area contributed by atoms with Crippen molar-refractivity contribution in [1.82, 2.24) is 29.9 Å². The smallest absolute Gasteiger partial charge is 0.211 e. The van der Waals surface area contributed by atoms with Crippen LogP contribution in [0.2, 0.25) is 0 Å². The van der Waals surface area contributed by atoms with Crippen molar-refractivity contribution in [2.24, 2.45) is 7.05 Å². The van der Waals surface area contributed by atoms with Crippen molar-refractivity contribution in [1.29, 1.82) is 0 Å². The third-order valence-corrected chi connectivity index (χ3v) is 5.14. The van der Waals surface area contributed by atoms with Crippen molar-refractivity contribution in [3.63, 3.8) is 0 Å². The number of benzene rings is 1. The summed E-state index contributed by atoms with van der Waals surface area (Å²) in [5.41, 5.74) is 4.67. The first-order chi connectivity index (χ1) is 13.7. The van der Waals surface area contributed by atoms with E-state index in [1.165, 1.54) is 11.3 Å². The molecule has 0 aliphatic rings. The minimum atomic E-state index is 0.696. The maximum Gasteiger partial charge on any atom is 0.211 e. The Morgan fingerprint density at radius 2 is 1.79 bits per heavy atom. The first-order valence-corrected chi connectivity index (χ1v) is 9.48. The van der Waals surface area contributed by atoms with E-state index in [0.717, 1.165) is 32.7 Å². The summed E-state index contributed by atoms with van der Waals surface area (Å²) in [7, 11) is 1.89. The van der Waals surface area contributed by atoms with Gasteiger partial charge in [0.05, 0.1) is 17.2 Å². The van der Waals surface area contributed by atoms with Gasteiger partial charge in [0.1, 0.15) is 10.8 Å². The van der Waals surface area contributed by atoms with Crippen molar-refractivity contribution >= 4 is 33.3 Å². The fraction of sp³-hybridized carbons (Fsp3) is 0.0500. The molecule has 4 aromatic heterocycles. The fourth-order valence-electron chi connectivity index (χ4n) is 2.89. The Kier molecular flexibility index (Phi) is 4.02. The van der Waals surface area contributed by atoms with Gasteiger partial charge >= 0.3 is 0 Å². The monoisotopic (exact) mass is 385 g/mol. The molecule has 136 valence electrons. The van der Waals surface area contributed by atoms with Crippen molar-refractivity contribution in [2.45, 2.75) is 0 Å². The van der Waals surface area contributed by atoms with Crippen LogP contribution in [0.5, 0.6) is 0 Å². The number of pyridine rings is 2. The van der Waals surface area contributed by atoms with Gasteiger partial charge in [-0.3, -0.25) is 9.67 Å². The van der Waals surface area contributed by atoms with Crippen LogP contribution in [-0.2, 0) is 7.05 Å². The van der Waals surface area contributed by atoms with Crippen LogP contribution < -0.4 is 5.32 Å².